The zero-order valence-corrected chi connectivity index (χ0v) is 18.2. The van der Waals surface area contributed by atoms with E-state index in [-0.39, 0.29) is 11.5 Å². The van der Waals surface area contributed by atoms with Crippen LogP contribution < -0.4 is 5.56 Å². The van der Waals surface area contributed by atoms with Crippen molar-refractivity contribution in [1.29, 1.82) is 0 Å². The summed E-state index contributed by atoms with van der Waals surface area (Å²) < 4.78 is 7.91. The lowest BCUT2D eigenvalue weighted by Crippen LogP contribution is -2.49. The first-order chi connectivity index (χ1) is 15.6. The van der Waals surface area contributed by atoms with Gasteiger partial charge in [-0.25, -0.2) is 9.97 Å². The summed E-state index contributed by atoms with van der Waals surface area (Å²) >= 11 is 0. The number of nitrogens with zero attached hydrogens (tertiary/aromatic N) is 4. The van der Waals surface area contributed by atoms with Gasteiger partial charge in [-0.3, -0.25) is 9.59 Å². The summed E-state index contributed by atoms with van der Waals surface area (Å²) in [6.45, 7) is 4.23. The molecular weight excluding hydrogens is 404 g/mol. The van der Waals surface area contributed by atoms with E-state index in [4.69, 9.17) is 9.72 Å². The standard InChI is InChI=1S/C25H26N4O3/c1-2-28-12-8-19(16-21(28)30)24(31)29-13-10-25(11-14-29)22-20(9-15-32-25)17-26-23(27-22)18-6-4-3-5-7-18/h3-8,12,16-17H,2,9-11,13-15H2,1H3. The van der Waals surface area contributed by atoms with Gasteiger partial charge in [-0.15, -0.1) is 0 Å². The molecule has 0 unspecified atom stereocenters. The Morgan fingerprint density at radius 1 is 1.16 bits per heavy atom. The molecule has 2 aliphatic rings. The molecule has 1 spiro atoms. The van der Waals surface area contributed by atoms with E-state index in [0.29, 0.717) is 50.5 Å². The second kappa shape index (κ2) is 8.31. The van der Waals surface area contributed by atoms with Crippen LogP contribution in [0.15, 0.2) is 59.7 Å². The van der Waals surface area contributed by atoms with Crippen molar-refractivity contribution >= 4 is 5.91 Å². The average molecular weight is 431 g/mol. The smallest absolute Gasteiger partial charge is 0.254 e. The van der Waals surface area contributed by atoms with Crippen LogP contribution in [0.3, 0.4) is 0 Å². The fourth-order valence-corrected chi connectivity index (χ4v) is 4.67. The van der Waals surface area contributed by atoms with Crippen LogP contribution in [0.1, 0.15) is 41.4 Å². The zero-order valence-electron chi connectivity index (χ0n) is 18.2. The van der Waals surface area contributed by atoms with Gasteiger partial charge in [0.25, 0.3) is 11.5 Å². The van der Waals surface area contributed by atoms with Crippen molar-refractivity contribution in [3.63, 3.8) is 0 Å². The molecule has 1 fully saturated rings. The molecule has 4 heterocycles. The summed E-state index contributed by atoms with van der Waals surface area (Å²) in [6, 6.07) is 13.1. The number of fused-ring (bicyclic) bond motifs is 2. The number of ether oxygens (including phenoxy) is 1. The van der Waals surface area contributed by atoms with Gasteiger partial charge >= 0.3 is 0 Å². The van der Waals surface area contributed by atoms with E-state index in [9.17, 15) is 9.59 Å². The number of carbonyl (C=O) groups is 1. The fraction of sp³-hybridized carbons (Fsp3) is 0.360. The van der Waals surface area contributed by atoms with E-state index in [2.05, 4.69) is 4.98 Å². The molecule has 0 atom stereocenters. The van der Waals surface area contributed by atoms with Crippen LogP contribution >= 0.6 is 0 Å². The molecule has 2 aromatic heterocycles. The minimum Gasteiger partial charge on any atom is -0.368 e. The van der Waals surface area contributed by atoms with Crippen LogP contribution in [0.25, 0.3) is 11.4 Å². The van der Waals surface area contributed by atoms with Crippen LogP contribution in [0.2, 0.25) is 0 Å². The van der Waals surface area contributed by atoms with Gasteiger partial charge in [0, 0.05) is 49.2 Å². The molecule has 164 valence electrons. The first kappa shape index (κ1) is 20.6. The molecule has 32 heavy (non-hydrogen) atoms. The molecule has 2 aliphatic heterocycles. The lowest BCUT2D eigenvalue weighted by atomic mass is 9.83. The second-order valence-corrected chi connectivity index (χ2v) is 8.36. The molecule has 1 saturated heterocycles. The quantitative estimate of drug-likeness (QED) is 0.638. The molecule has 7 heteroatoms. The highest BCUT2D eigenvalue weighted by Gasteiger charge is 2.43. The SMILES string of the molecule is CCn1ccc(C(=O)N2CCC3(CC2)OCCc2cnc(-c4ccccc4)nc23)cc1=O. The normalized spacial score (nSPS) is 17.2. The van der Waals surface area contributed by atoms with Crippen LogP contribution in [-0.4, -0.2) is 45.0 Å². The molecular formula is C25H26N4O3. The molecule has 0 aliphatic carbocycles. The second-order valence-electron chi connectivity index (χ2n) is 8.36. The zero-order chi connectivity index (χ0) is 22.1. The molecule has 0 N–H and O–H groups in total. The Hall–Kier alpha value is -3.32. The van der Waals surface area contributed by atoms with E-state index < -0.39 is 5.60 Å². The number of rotatable bonds is 3. The minimum absolute atomic E-state index is 0.108. The van der Waals surface area contributed by atoms with Crippen LogP contribution in [0.5, 0.6) is 0 Å². The number of amides is 1. The number of benzene rings is 1. The Balaban J connectivity index is 1.38. The molecule has 0 radical (unpaired) electrons. The van der Waals surface area contributed by atoms with Crippen LogP contribution in [0.4, 0.5) is 0 Å². The van der Waals surface area contributed by atoms with Gasteiger partial charge in [0.1, 0.15) is 5.60 Å². The van der Waals surface area contributed by atoms with E-state index in [1.165, 1.54) is 6.07 Å². The lowest BCUT2D eigenvalue weighted by molar-refractivity contribution is -0.0967. The summed E-state index contributed by atoms with van der Waals surface area (Å²) in [7, 11) is 0. The van der Waals surface area contributed by atoms with Crippen molar-refractivity contribution in [1.82, 2.24) is 19.4 Å². The number of hydrogen-bond donors (Lipinski definition) is 0. The summed E-state index contributed by atoms with van der Waals surface area (Å²) in [6.07, 6.45) is 5.74. The van der Waals surface area contributed by atoms with Gasteiger partial charge in [-0.1, -0.05) is 30.3 Å². The van der Waals surface area contributed by atoms with Gasteiger partial charge in [0.2, 0.25) is 0 Å². The molecule has 0 saturated carbocycles. The molecule has 1 amide bonds. The highest BCUT2D eigenvalue weighted by molar-refractivity contribution is 5.94. The number of carbonyl (C=O) groups excluding carboxylic acids is 1. The Bertz CT molecular complexity index is 1200. The molecule has 7 nitrogen and oxygen atoms in total. The van der Waals surface area contributed by atoms with Gasteiger partial charge in [-0.05, 0) is 37.8 Å². The number of pyridine rings is 1. The Morgan fingerprint density at radius 3 is 2.66 bits per heavy atom. The van der Waals surface area contributed by atoms with Crippen molar-refractivity contribution in [2.24, 2.45) is 0 Å². The monoisotopic (exact) mass is 430 g/mol. The van der Waals surface area contributed by atoms with Gasteiger partial charge < -0.3 is 14.2 Å². The third kappa shape index (κ3) is 3.62. The van der Waals surface area contributed by atoms with Gasteiger partial charge in [0.05, 0.1) is 12.3 Å². The van der Waals surface area contributed by atoms with E-state index in [1.807, 2.05) is 48.4 Å². The maximum absolute atomic E-state index is 13.0. The number of likely N-dealkylation sites (tertiary alicyclic amines) is 1. The van der Waals surface area contributed by atoms with E-state index in [0.717, 1.165) is 23.2 Å². The fourth-order valence-electron chi connectivity index (χ4n) is 4.67. The van der Waals surface area contributed by atoms with Crippen molar-refractivity contribution in [2.75, 3.05) is 19.7 Å². The number of piperidine rings is 1. The number of aromatic nitrogens is 3. The largest absolute Gasteiger partial charge is 0.368 e. The highest BCUT2D eigenvalue weighted by Crippen LogP contribution is 2.41. The average Bonchev–Trinajstić information content (AvgIpc) is 2.85. The Morgan fingerprint density at radius 2 is 1.94 bits per heavy atom. The van der Waals surface area contributed by atoms with Crippen molar-refractivity contribution in [3.8, 4) is 11.4 Å². The number of hydrogen-bond acceptors (Lipinski definition) is 5. The first-order valence-corrected chi connectivity index (χ1v) is 11.2. The third-order valence-electron chi connectivity index (χ3n) is 6.52. The predicted octanol–water partition coefficient (Wildman–Crippen LogP) is 3.03. The molecule has 5 rings (SSSR count). The summed E-state index contributed by atoms with van der Waals surface area (Å²) in [5, 5.41) is 0. The van der Waals surface area contributed by atoms with E-state index in [1.54, 1.807) is 16.8 Å². The van der Waals surface area contributed by atoms with Gasteiger partial charge in [-0.2, -0.15) is 0 Å². The molecule has 0 bridgehead atoms. The van der Waals surface area contributed by atoms with Crippen molar-refractivity contribution in [3.05, 3.63) is 82.0 Å². The Kier molecular flexibility index (Phi) is 5.35. The maximum atomic E-state index is 13.0. The van der Waals surface area contributed by atoms with Crippen molar-refractivity contribution in [2.45, 2.75) is 38.3 Å². The van der Waals surface area contributed by atoms with Gasteiger partial charge in [0.15, 0.2) is 5.82 Å². The van der Waals surface area contributed by atoms with E-state index >= 15 is 0 Å². The summed E-state index contributed by atoms with van der Waals surface area (Å²) in [5.41, 5.74) is 2.85. The Labute approximate surface area is 186 Å². The highest BCUT2D eigenvalue weighted by atomic mass is 16.5. The minimum atomic E-state index is -0.498. The lowest BCUT2D eigenvalue weighted by Gasteiger charge is -2.44. The molecule has 1 aromatic carbocycles. The van der Waals surface area contributed by atoms with Crippen LogP contribution in [-0.2, 0) is 23.3 Å². The summed E-state index contributed by atoms with van der Waals surface area (Å²) in [5.74, 6) is 0.591. The molecule has 3 aromatic rings. The summed E-state index contributed by atoms with van der Waals surface area (Å²) in [4.78, 5) is 36.5. The number of aryl methyl sites for hydroxylation is 1. The predicted molar refractivity (Wildman–Crippen MR) is 120 cm³/mol. The topological polar surface area (TPSA) is 77.3 Å². The first-order valence-electron chi connectivity index (χ1n) is 11.2. The van der Waals surface area contributed by atoms with Crippen molar-refractivity contribution < 1.29 is 9.53 Å². The van der Waals surface area contributed by atoms with Crippen LogP contribution in [0, 0.1) is 0 Å². The third-order valence-corrected chi connectivity index (χ3v) is 6.52. The maximum Gasteiger partial charge on any atom is 0.254 e.